The predicted molar refractivity (Wildman–Crippen MR) is 74.7 cm³/mol. The van der Waals surface area contributed by atoms with Gasteiger partial charge in [-0.2, -0.15) is 0 Å². The lowest BCUT2D eigenvalue weighted by molar-refractivity contribution is 0.0594. The summed E-state index contributed by atoms with van der Waals surface area (Å²) < 4.78 is 9.78. The Balaban J connectivity index is 2.36. The first-order valence-corrected chi connectivity index (χ1v) is 6.04. The quantitative estimate of drug-likeness (QED) is 0.874. The second kappa shape index (κ2) is 6.21. The third-order valence-electron chi connectivity index (χ3n) is 2.49. The zero-order valence-corrected chi connectivity index (χ0v) is 11.6. The van der Waals surface area contributed by atoms with E-state index in [1.54, 1.807) is 13.2 Å². The number of ether oxygens (including phenoxy) is 2. The van der Waals surface area contributed by atoms with Crippen LogP contribution in [0.1, 0.15) is 10.5 Å². The fraction of sp³-hybridized carbons (Fsp3) is 0.154. The maximum absolute atomic E-state index is 11.6. The topological polar surface area (TPSA) is 73.3 Å². The molecule has 0 saturated heterocycles. The van der Waals surface area contributed by atoms with Crippen LogP contribution in [-0.4, -0.2) is 30.4 Å². The summed E-state index contributed by atoms with van der Waals surface area (Å²) in [6.07, 6.45) is 0. The van der Waals surface area contributed by atoms with E-state index < -0.39 is 5.97 Å². The minimum atomic E-state index is -0.598. The predicted octanol–water partition coefficient (Wildman–Crippen LogP) is 2.67. The van der Waals surface area contributed by atoms with Gasteiger partial charge in [0, 0.05) is 17.8 Å². The summed E-state index contributed by atoms with van der Waals surface area (Å²) in [5.74, 6) is 0.0855. The van der Waals surface area contributed by atoms with E-state index in [9.17, 15) is 4.79 Å². The van der Waals surface area contributed by atoms with Crippen molar-refractivity contribution in [3.63, 3.8) is 0 Å². The van der Waals surface area contributed by atoms with Gasteiger partial charge in [-0.25, -0.2) is 4.79 Å². The fourth-order valence-electron chi connectivity index (χ4n) is 1.57. The van der Waals surface area contributed by atoms with Gasteiger partial charge in [-0.15, -0.1) is 10.2 Å². The molecule has 0 aliphatic heterocycles. The van der Waals surface area contributed by atoms with Gasteiger partial charge in [0.25, 0.3) is 0 Å². The molecule has 0 spiro atoms. The molecule has 0 amide bonds. The number of aromatic nitrogens is 2. The second-order valence-corrected chi connectivity index (χ2v) is 4.17. The average molecular weight is 294 g/mol. The van der Waals surface area contributed by atoms with Gasteiger partial charge in [0.1, 0.15) is 5.75 Å². The minimum absolute atomic E-state index is 0.0553. The highest BCUT2D eigenvalue weighted by Crippen LogP contribution is 2.24. The molecule has 20 heavy (non-hydrogen) atoms. The first kappa shape index (κ1) is 14.1. The third kappa shape index (κ3) is 3.16. The number of rotatable bonds is 4. The summed E-state index contributed by atoms with van der Waals surface area (Å²) in [6.45, 7) is 0. The highest BCUT2D eigenvalue weighted by Gasteiger charge is 2.15. The van der Waals surface area contributed by atoms with E-state index in [-0.39, 0.29) is 10.8 Å². The molecule has 0 fully saturated rings. The van der Waals surface area contributed by atoms with Crippen molar-refractivity contribution in [2.75, 3.05) is 19.5 Å². The van der Waals surface area contributed by atoms with Crippen molar-refractivity contribution in [3.8, 4) is 5.75 Å². The van der Waals surface area contributed by atoms with Gasteiger partial charge in [-0.05, 0) is 12.1 Å². The molecule has 7 heteroatoms. The Morgan fingerprint density at radius 1 is 1.25 bits per heavy atom. The highest BCUT2D eigenvalue weighted by molar-refractivity contribution is 6.29. The van der Waals surface area contributed by atoms with Crippen molar-refractivity contribution in [1.29, 1.82) is 0 Å². The van der Waals surface area contributed by atoms with Gasteiger partial charge in [0.2, 0.25) is 0 Å². The average Bonchev–Trinajstić information content (AvgIpc) is 2.47. The molecular weight excluding hydrogens is 282 g/mol. The van der Waals surface area contributed by atoms with Crippen molar-refractivity contribution in [2.45, 2.75) is 0 Å². The molecule has 0 aliphatic rings. The Morgan fingerprint density at radius 2 is 2.05 bits per heavy atom. The molecule has 0 radical (unpaired) electrons. The van der Waals surface area contributed by atoms with E-state index >= 15 is 0 Å². The van der Waals surface area contributed by atoms with Gasteiger partial charge < -0.3 is 14.8 Å². The number of nitrogens with one attached hydrogen (secondary N) is 1. The van der Waals surface area contributed by atoms with Crippen LogP contribution in [0.5, 0.6) is 5.75 Å². The molecule has 2 aromatic rings. The summed E-state index contributed by atoms with van der Waals surface area (Å²) in [5, 5.41) is 10.6. The van der Waals surface area contributed by atoms with Gasteiger partial charge in [0.15, 0.2) is 10.8 Å². The van der Waals surface area contributed by atoms with Crippen molar-refractivity contribution in [2.24, 2.45) is 0 Å². The van der Waals surface area contributed by atoms with Crippen LogP contribution in [0.4, 0.5) is 11.4 Å². The largest absolute Gasteiger partial charge is 0.497 e. The van der Waals surface area contributed by atoms with Gasteiger partial charge in [-0.1, -0.05) is 17.7 Å². The smallest absolute Gasteiger partial charge is 0.360 e. The van der Waals surface area contributed by atoms with E-state index in [0.717, 1.165) is 5.69 Å². The summed E-state index contributed by atoms with van der Waals surface area (Å²) >= 11 is 5.80. The number of esters is 1. The summed E-state index contributed by atoms with van der Waals surface area (Å²) in [6, 6.07) is 8.72. The number of hydrogen-bond donors (Lipinski definition) is 1. The lowest BCUT2D eigenvalue weighted by Crippen LogP contribution is -2.09. The van der Waals surface area contributed by atoms with Crippen molar-refractivity contribution >= 4 is 28.9 Å². The number of nitrogens with zero attached hydrogens (tertiary/aromatic N) is 2. The molecule has 1 aromatic carbocycles. The first-order valence-electron chi connectivity index (χ1n) is 5.66. The van der Waals surface area contributed by atoms with Crippen LogP contribution >= 0.6 is 11.6 Å². The standard InChI is InChI=1S/C13H12ClN3O3/c1-19-9-5-3-4-8(6-9)15-10-7-11(14)16-17-12(10)13(18)20-2/h3-7H,1-2H3,(H,15,16). The highest BCUT2D eigenvalue weighted by atomic mass is 35.5. The molecule has 104 valence electrons. The Kier molecular flexibility index (Phi) is 4.37. The normalized spacial score (nSPS) is 9.95. The van der Waals surface area contributed by atoms with Gasteiger partial charge >= 0.3 is 5.97 Å². The van der Waals surface area contributed by atoms with Crippen LogP contribution in [0.3, 0.4) is 0 Å². The van der Waals surface area contributed by atoms with E-state index in [2.05, 4.69) is 20.3 Å². The molecule has 6 nitrogen and oxygen atoms in total. The van der Waals surface area contributed by atoms with Gasteiger partial charge in [-0.3, -0.25) is 0 Å². The molecular formula is C13H12ClN3O3. The number of methoxy groups -OCH3 is 2. The summed E-state index contributed by atoms with van der Waals surface area (Å²) in [4.78, 5) is 11.6. The number of carbonyl (C=O) groups excluding carboxylic acids is 1. The SMILES string of the molecule is COC(=O)c1nnc(Cl)cc1Nc1cccc(OC)c1. The fourth-order valence-corrected chi connectivity index (χ4v) is 1.71. The summed E-state index contributed by atoms with van der Waals surface area (Å²) in [5.41, 5.74) is 1.18. The van der Waals surface area contributed by atoms with Crippen molar-refractivity contribution in [1.82, 2.24) is 10.2 Å². The van der Waals surface area contributed by atoms with Crippen molar-refractivity contribution in [3.05, 3.63) is 41.2 Å². The monoisotopic (exact) mass is 293 g/mol. The number of halogens is 1. The number of hydrogen-bond acceptors (Lipinski definition) is 6. The summed E-state index contributed by atoms with van der Waals surface area (Å²) in [7, 11) is 2.85. The van der Waals surface area contributed by atoms with Crippen LogP contribution in [0.2, 0.25) is 5.15 Å². The third-order valence-corrected chi connectivity index (χ3v) is 2.68. The van der Waals surface area contributed by atoms with E-state index in [4.69, 9.17) is 16.3 Å². The molecule has 0 unspecified atom stereocenters. The van der Waals surface area contributed by atoms with Crippen LogP contribution in [-0.2, 0) is 4.74 Å². The number of anilines is 2. The number of carbonyl (C=O) groups is 1. The Morgan fingerprint density at radius 3 is 2.75 bits per heavy atom. The van der Waals surface area contributed by atoms with E-state index in [1.807, 2.05) is 18.2 Å². The molecule has 1 N–H and O–H groups in total. The molecule has 0 saturated carbocycles. The zero-order chi connectivity index (χ0) is 14.5. The Labute approximate surface area is 120 Å². The van der Waals surface area contributed by atoms with Gasteiger partial charge in [0.05, 0.1) is 19.9 Å². The van der Waals surface area contributed by atoms with Crippen LogP contribution in [0.25, 0.3) is 0 Å². The van der Waals surface area contributed by atoms with Crippen LogP contribution < -0.4 is 10.1 Å². The zero-order valence-electron chi connectivity index (χ0n) is 10.9. The van der Waals surface area contributed by atoms with Crippen LogP contribution in [0.15, 0.2) is 30.3 Å². The van der Waals surface area contributed by atoms with E-state index in [0.29, 0.717) is 11.4 Å². The van der Waals surface area contributed by atoms with Crippen LogP contribution in [0, 0.1) is 0 Å². The Bertz CT molecular complexity index is 634. The first-order chi connectivity index (χ1) is 9.63. The maximum atomic E-state index is 11.6. The molecule has 1 heterocycles. The lowest BCUT2D eigenvalue weighted by Gasteiger charge is -2.10. The minimum Gasteiger partial charge on any atom is -0.497 e. The molecule has 0 bridgehead atoms. The van der Waals surface area contributed by atoms with E-state index in [1.165, 1.54) is 13.2 Å². The molecule has 2 rings (SSSR count). The lowest BCUT2D eigenvalue weighted by atomic mass is 10.2. The second-order valence-electron chi connectivity index (χ2n) is 3.78. The maximum Gasteiger partial charge on any atom is 0.360 e. The Hall–Kier alpha value is -2.34. The molecule has 1 aromatic heterocycles. The molecule has 0 atom stereocenters. The number of benzene rings is 1. The molecule has 0 aliphatic carbocycles. The van der Waals surface area contributed by atoms with Crippen molar-refractivity contribution < 1.29 is 14.3 Å².